The molecule has 2 aliphatic rings. The number of ether oxygens (including phenoxy) is 3. The molecule has 178 valence electrons. The van der Waals surface area contributed by atoms with Gasteiger partial charge in [0.1, 0.15) is 24.4 Å². The fourth-order valence-corrected chi connectivity index (χ4v) is 4.92. The molecule has 0 aliphatic carbocycles. The van der Waals surface area contributed by atoms with Crippen LogP contribution in [0.3, 0.4) is 0 Å². The van der Waals surface area contributed by atoms with Gasteiger partial charge in [-0.25, -0.2) is 0 Å². The maximum absolute atomic E-state index is 12.9. The summed E-state index contributed by atoms with van der Waals surface area (Å²) in [7, 11) is -4.22. The van der Waals surface area contributed by atoms with Crippen LogP contribution in [-0.2, 0) is 28.5 Å². The second kappa shape index (κ2) is 9.13. The topological polar surface area (TPSA) is 120 Å². The van der Waals surface area contributed by atoms with Gasteiger partial charge in [0, 0.05) is 12.1 Å². The van der Waals surface area contributed by atoms with Crippen molar-refractivity contribution in [3.05, 3.63) is 65.7 Å². The van der Waals surface area contributed by atoms with Crippen LogP contribution in [0.5, 0.6) is 0 Å². The van der Waals surface area contributed by atoms with Gasteiger partial charge in [-0.1, -0.05) is 35.9 Å². The van der Waals surface area contributed by atoms with Crippen LogP contribution in [0.2, 0.25) is 0 Å². The zero-order chi connectivity index (χ0) is 23.8. The van der Waals surface area contributed by atoms with Crippen LogP contribution in [0.15, 0.2) is 59.5 Å². The van der Waals surface area contributed by atoms with Crippen LogP contribution in [0, 0.1) is 6.92 Å². The third kappa shape index (κ3) is 5.26. The van der Waals surface area contributed by atoms with Gasteiger partial charge < -0.3 is 24.6 Å². The number of amides is 1. The highest BCUT2D eigenvalue weighted by molar-refractivity contribution is 7.86. The maximum atomic E-state index is 12.9. The summed E-state index contributed by atoms with van der Waals surface area (Å²) >= 11 is 0. The van der Waals surface area contributed by atoms with E-state index in [0.29, 0.717) is 5.56 Å². The minimum atomic E-state index is -4.22. The summed E-state index contributed by atoms with van der Waals surface area (Å²) < 4.78 is 48.5. The highest BCUT2D eigenvalue weighted by Crippen LogP contribution is 2.39. The Bertz CT molecular complexity index is 1090. The van der Waals surface area contributed by atoms with Crippen LogP contribution in [0.4, 0.5) is 0 Å². The van der Waals surface area contributed by atoms with Crippen molar-refractivity contribution in [2.24, 2.45) is 0 Å². The van der Waals surface area contributed by atoms with E-state index in [1.165, 1.54) is 12.1 Å². The molecule has 2 aromatic rings. The van der Waals surface area contributed by atoms with Crippen LogP contribution in [0.25, 0.3) is 0 Å². The number of aryl methyl sites for hydroxylation is 1. The smallest absolute Gasteiger partial charge is 0.297 e. The summed E-state index contributed by atoms with van der Waals surface area (Å²) in [6, 6.07) is 14.6. The van der Waals surface area contributed by atoms with Gasteiger partial charge in [-0.15, -0.1) is 0 Å². The fraction of sp³-hybridized carbons (Fsp3) is 0.435. The minimum Gasteiger partial charge on any atom is -0.387 e. The Hall–Kier alpha value is -2.34. The molecular weight excluding hydrogens is 450 g/mol. The van der Waals surface area contributed by atoms with E-state index < -0.39 is 52.5 Å². The Morgan fingerprint density at radius 3 is 2.42 bits per heavy atom. The summed E-state index contributed by atoms with van der Waals surface area (Å²) in [6.07, 6.45) is -5.29. The van der Waals surface area contributed by atoms with E-state index in [1.807, 2.05) is 6.92 Å². The number of carbonyl (C=O) groups is 1. The zero-order valence-electron chi connectivity index (χ0n) is 18.5. The number of hydrogen-bond donors (Lipinski definition) is 2. The average Bonchev–Trinajstić information content (AvgIpc) is 3.24. The molecule has 4 rings (SSSR count). The fourth-order valence-electron chi connectivity index (χ4n) is 3.84. The number of fused-ring (bicyclic) bond motifs is 1. The van der Waals surface area contributed by atoms with E-state index in [1.54, 1.807) is 56.3 Å². The predicted octanol–water partition coefficient (Wildman–Crippen LogP) is 1.74. The molecule has 0 aromatic heterocycles. The van der Waals surface area contributed by atoms with Crippen molar-refractivity contribution in [2.45, 2.75) is 62.2 Å². The Morgan fingerprint density at radius 2 is 1.79 bits per heavy atom. The quantitative estimate of drug-likeness (QED) is 0.579. The SMILES string of the molecule is Cc1ccc(S(=O)(=O)OC(CNC(=O)c2ccccc2)[C@H]2O[C@@H]3OC(C)(C)O[C@@H]3[C@H]2O)cc1. The highest BCUT2D eigenvalue weighted by Gasteiger charge is 2.56. The van der Waals surface area contributed by atoms with Gasteiger partial charge in [0.25, 0.3) is 16.0 Å². The van der Waals surface area contributed by atoms with Gasteiger partial charge in [0.15, 0.2) is 12.1 Å². The number of nitrogens with one attached hydrogen (secondary N) is 1. The Morgan fingerprint density at radius 1 is 1.12 bits per heavy atom. The summed E-state index contributed by atoms with van der Waals surface area (Å²) in [4.78, 5) is 12.5. The van der Waals surface area contributed by atoms with Crippen molar-refractivity contribution in [3.63, 3.8) is 0 Å². The lowest BCUT2D eigenvalue weighted by atomic mass is 10.1. The summed E-state index contributed by atoms with van der Waals surface area (Å²) in [5.74, 6) is -1.37. The maximum Gasteiger partial charge on any atom is 0.297 e. The first-order valence-corrected chi connectivity index (χ1v) is 12.0. The van der Waals surface area contributed by atoms with Crippen LogP contribution < -0.4 is 5.32 Å². The standard InChI is InChI=1S/C23H27NO8S/c1-14-9-11-16(12-10-14)33(27,28)32-17(13-24-21(26)15-7-5-4-6-8-15)19-18(25)20-22(29-19)31-23(2,3)30-20/h4-12,17-20,22,25H,13H2,1-3H3,(H,24,26)/t17?,18-,19+,20+,22+/m0/s1. The number of benzene rings is 2. The molecule has 2 aromatic carbocycles. The molecule has 1 unspecified atom stereocenters. The summed E-state index contributed by atoms with van der Waals surface area (Å²) in [5.41, 5.74) is 1.29. The third-order valence-corrected chi connectivity index (χ3v) is 6.83. The van der Waals surface area contributed by atoms with E-state index in [4.69, 9.17) is 18.4 Å². The van der Waals surface area contributed by atoms with E-state index in [-0.39, 0.29) is 11.4 Å². The molecule has 0 bridgehead atoms. The molecule has 2 heterocycles. The van der Waals surface area contributed by atoms with Gasteiger partial charge in [-0.3, -0.25) is 8.98 Å². The van der Waals surface area contributed by atoms with E-state index >= 15 is 0 Å². The normalized spacial score (nSPS) is 27.2. The number of aliphatic hydroxyl groups is 1. The Labute approximate surface area is 192 Å². The summed E-state index contributed by atoms with van der Waals surface area (Å²) in [6.45, 7) is 4.98. The molecule has 9 nitrogen and oxygen atoms in total. The van der Waals surface area contributed by atoms with Crippen LogP contribution in [0.1, 0.15) is 29.8 Å². The number of aliphatic hydroxyl groups excluding tert-OH is 1. The molecular formula is C23H27NO8S. The first kappa shape index (κ1) is 23.8. The lowest BCUT2D eigenvalue weighted by Gasteiger charge is -2.28. The Kier molecular flexibility index (Phi) is 6.59. The van der Waals surface area contributed by atoms with E-state index in [2.05, 4.69) is 5.32 Å². The molecule has 10 heteroatoms. The first-order valence-electron chi connectivity index (χ1n) is 10.6. The lowest BCUT2D eigenvalue weighted by Crippen LogP contribution is -2.48. The monoisotopic (exact) mass is 477 g/mol. The highest BCUT2D eigenvalue weighted by atomic mass is 32.2. The molecule has 0 spiro atoms. The molecule has 2 aliphatic heterocycles. The second-order valence-corrected chi connectivity index (χ2v) is 10.1. The molecule has 2 saturated heterocycles. The van der Waals surface area contributed by atoms with Crippen LogP contribution >= 0.6 is 0 Å². The van der Waals surface area contributed by atoms with Crippen molar-refractivity contribution in [1.82, 2.24) is 5.32 Å². The molecule has 0 radical (unpaired) electrons. The molecule has 1 amide bonds. The van der Waals surface area contributed by atoms with E-state index in [0.717, 1.165) is 5.56 Å². The third-order valence-electron chi connectivity index (χ3n) is 5.48. The average molecular weight is 478 g/mol. The number of rotatable bonds is 7. The Balaban J connectivity index is 1.54. The van der Waals surface area contributed by atoms with Crippen LogP contribution in [-0.4, -0.2) is 62.5 Å². The van der Waals surface area contributed by atoms with Gasteiger partial charge in [0.05, 0.1) is 4.90 Å². The van der Waals surface area contributed by atoms with E-state index in [9.17, 15) is 18.3 Å². The van der Waals surface area contributed by atoms with Crippen molar-refractivity contribution >= 4 is 16.0 Å². The first-order chi connectivity index (χ1) is 15.6. The second-order valence-electron chi connectivity index (χ2n) is 8.54. The zero-order valence-corrected chi connectivity index (χ0v) is 19.3. The van der Waals surface area contributed by atoms with Gasteiger partial charge >= 0.3 is 0 Å². The minimum absolute atomic E-state index is 0.0474. The van der Waals surface area contributed by atoms with Crippen molar-refractivity contribution in [3.8, 4) is 0 Å². The van der Waals surface area contributed by atoms with Crippen molar-refractivity contribution in [2.75, 3.05) is 6.54 Å². The van der Waals surface area contributed by atoms with Gasteiger partial charge in [-0.2, -0.15) is 8.42 Å². The summed E-state index contributed by atoms with van der Waals surface area (Å²) in [5, 5.41) is 13.5. The van der Waals surface area contributed by atoms with Gasteiger partial charge in [0.2, 0.25) is 0 Å². The number of carbonyl (C=O) groups excluding carboxylic acids is 1. The predicted molar refractivity (Wildman–Crippen MR) is 117 cm³/mol. The van der Waals surface area contributed by atoms with Crippen molar-refractivity contribution in [1.29, 1.82) is 0 Å². The largest absolute Gasteiger partial charge is 0.387 e. The molecule has 5 atom stereocenters. The molecule has 2 N–H and O–H groups in total. The molecule has 2 fully saturated rings. The van der Waals surface area contributed by atoms with Gasteiger partial charge in [-0.05, 0) is 45.0 Å². The molecule has 33 heavy (non-hydrogen) atoms. The number of hydrogen-bond acceptors (Lipinski definition) is 8. The van der Waals surface area contributed by atoms with Crippen molar-refractivity contribution < 1.29 is 36.7 Å². The molecule has 0 saturated carbocycles. The lowest BCUT2D eigenvalue weighted by molar-refractivity contribution is -0.223.